The third kappa shape index (κ3) is 10.8. The predicted octanol–water partition coefficient (Wildman–Crippen LogP) is 3.85. The summed E-state index contributed by atoms with van der Waals surface area (Å²) in [6.07, 6.45) is 11.1. The van der Waals surface area contributed by atoms with Crippen molar-refractivity contribution >= 4 is 6.16 Å². The molecule has 0 heterocycles. The zero-order valence-corrected chi connectivity index (χ0v) is 10.3. The Labute approximate surface area is 98.1 Å². The molecule has 0 unspecified atom stereocenters. The summed E-state index contributed by atoms with van der Waals surface area (Å²) in [5, 5.41) is 0. The van der Waals surface area contributed by atoms with E-state index in [0.717, 1.165) is 25.7 Å². The molecule has 0 aliphatic heterocycles. The Kier molecular flexibility index (Phi) is 10.9. The molecule has 0 aromatic heterocycles. The van der Waals surface area contributed by atoms with Crippen LogP contribution in [0.2, 0.25) is 0 Å². The Hall–Kier alpha value is -1.25. The van der Waals surface area contributed by atoms with Crippen LogP contribution >= 0.6 is 0 Å². The fourth-order valence-electron chi connectivity index (χ4n) is 1.09. The SMILES string of the molecule is C/C=C\CCCOC(=O)OCCC/C=C\C. The summed E-state index contributed by atoms with van der Waals surface area (Å²) in [6.45, 7) is 4.80. The Morgan fingerprint density at radius 3 is 1.75 bits per heavy atom. The molecule has 16 heavy (non-hydrogen) atoms. The van der Waals surface area contributed by atoms with Gasteiger partial charge in [-0.05, 0) is 39.5 Å². The number of allylic oxidation sites excluding steroid dienone is 4. The standard InChI is InChI=1S/C13H22O3/c1-3-5-7-9-11-15-13(14)16-12-10-8-6-4-2/h3-6H,7-12H2,1-2H3/b5-3-,6-4-. The third-order valence-corrected chi connectivity index (χ3v) is 1.94. The van der Waals surface area contributed by atoms with Gasteiger partial charge < -0.3 is 9.47 Å². The van der Waals surface area contributed by atoms with Crippen LogP contribution in [0.5, 0.6) is 0 Å². The van der Waals surface area contributed by atoms with Crippen LogP contribution in [0, 0.1) is 0 Å². The highest BCUT2D eigenvalue weighted by atomic mass is 16.7. The largest absolute Gasteiger partial charge is 0.508 e. The number of carbonyl (C=O) groups excluding carboxylic acids is 1. The molecule has 0 radical (unpaired) electrons. The van der Waals surface area contributed by atoms with Gasteiger partial charge in [-0.1, -0.05) is 24.3 Å². The fraction of sp³-hybridized carbons (Fsp3) is 0.615. The molecule has 3 heteroatoms. The maximum atomic E-state index is 11.0. The average molecular weight is 226 g/mol. The van der Waals surface area contributed by atoms with Crippen molar-refractivity contribution in [3.8, 4) is 0 Å². The van der Waals surface area contributed by atoms with Crippen LogP contribution in [0.4, 0.5) is 4.79 Å². The number of ether oxygens (including phenoxy) is 2. The molecule has 0 N–H and O–H groups in total. The predicted molar refractivity (Wildman–Crippen MR) is 65.4 cm³/mol. The summed E-state index contributed by atoms with van der Waals surface area (Å²) in [5.74, 6) is 0. The molecule has 0 aliphatic rings. The van der Waals surface area contributed by atoms with E-state index in [1.807, 2.05) is 38.2 Å². The molecule has 0 aromatic rings. The van der Waals surface area contributed by atoms with E-state index in [2.05, 4.69) is 0 Å². The molecule has 0 aromatic carbocycles. The van der Waals surface area contributed by atoms with Crippen LogP contribution in [0.25, 0.3) is 0 Å². The van der Waals surface area contributed by atoms with Gasteiger partial charge in [0.15, 0.2) is 0 Å². The van der Waals surface area contributed by atoms with Crippen LogP contribution in [0.1, 0.15) is 39.5 Å². The zero-order chi connectivity index (χ0) is 12.1. The van der Waals surface area contributed by atoms with E-state index in [-0.39, 0.29) is 0 Å². The normalized spacial score (nSPS) is 11.1. The first-order chi connectivity index (χ1) is 7.81. The summed E-state index contributed by atoms with van der Waals surface area (Å²) in [6, 6.07) is 0. The van der Waals surface area contributed by atoms with E-state index in [1.54, 1.807) is 0 Å². The van der Waals surface area contributed by atoms with Gasteiger partial charge >= 0.3 is 6.16 Å². The van der Waals surface area contributed by atoms with Gasteiger partial charge in [0.1, 0.15) is 0 Å². The fourth-order valence-corrected chi connectivity index (χ4v) is 1.09. The quantitative estimate of drug-likeness (QED) is 0.358. The van der Waals surface area contributed by atoms with Crippen molar-refractivity contribution in [1.82, 2.24) is 0 Å². The van der Waals surface area contributed by atoms with Crippen LogP contribution in [0.3, 0.4) is 0 Å². The van der Waals surface area contributed by atoms with Gasteiger partial charge in [-0.25, -0.2) is 4.79 Å². The first-order valence-corrected chi connectivity index (χ1v) is 5.83. The molecular formula is C13H22O3. The Morgan fingerprint density at radius 2 is 1.38 bits per heavy atom. The topological polar surface area (TPSA) is 35.5 Å². The van der Waals surface area contributed by atoms with E-state index in [1.165, 1.54) is 0 Å². The molecule has 0 atom stereocenters. The monoisotopic (exact) mass is 226 g/mol. The van der Waals surface area contributed by atoms with Crippen molar-refractivity contribution in [2.45, 2.75) is 39.5 Å². The molecule has 92 valence electrons. The van der Waals surface area contributed by atoms with E-state index in [0.29, 0.717) is 13.2 Å². The van der Waals surface area contributed by atoms with Crippen LogP contribution in [-0.2, 0) is 9.47 Å². The minimum atomic E-state index is -0.555. The first-order valence-electron chi connectivity index (χ1n) is 5.83. The maximum Gasteiger partial charge on any atom is 0.508 e. The number of hydrogen-bond donors (Lipinski definition) is 0. The second kappa shape index (κ2) is 11.8. The van der Waals surface area contributed by atoms with Crippen LogP contribution < -0.4 is 0 Å². The van der Waals surface area contributed by atoms with Crippen molar-refractivity contribution in [2.24, 2.45) is 0 Å². The summed E-state index contributed by atoms with van der Waals surface area (Å²) in [7, 11) is 0. The van der Waals surface area contributed by atoms with E-state index in [4.69, 9.17) is 9.47 Å². The van der Waals surface area contributed by atoms with Crippen molar-refractivity contribution in [1.29, 1.82) is 0 Å². The molecule has 0 aliphatic carbocycles. The number of unbranched alkanes of at least 4 members (excludes halogenated alkanes) is 2. The average Bonchev–Trinajstić information content (AvgIpc) is 2.28. The summed E-state index contributed by atoms with van der Waals surface area (Å²) >= 11 is 0. The second-order valence-electron chi connectivity index (χ2n) is 3.37. The van der Waals surface area contributed by atoms with E-state index >= 15 is 0 Å². The van der Waals surface area contributed by atoms with Crippen molar-refractivity contribution < 1.29 is 14.3 Å². The van der Waals surface area contributed by atoms with Gasteiger partial charge in [-0.3, -0.25) is 0 Å². The van der Waals surface area contributed by atoms with Crippen LogP contribution in [0.15, 0.2) is 24.3 Å². The maximum absolute atomic E-state index is 11.0. The molecule has 0 rings (SSSR count). The lowest BCUT2D eigenvalue weighted by atomic mass is 10.3. The third-order valence-electron chi connectivity index (χ3n) is 1.94. The van der Waals surface area contributed by atoms with Crippen molar-refractivity contribution in [2.75, 3.05) is 13.2 Å². The van der Waals surface area contributed by atoms with Crippen molar-refractivity contribution in [3.63, 3.8) is 0 Å². The Balaban J connectivity index is 3.24. The molecular weight excluding hydrogens is 204 g/mol. The van der Waals surface area contributed by atoms with Crippen molar-refractivity contribution in [3.05, 3.63) is 24.3 Å². The molecule has 0 bridgehead atoms. The van der Waals surface area contributed by atoms with Gasteiger partial charge in [0.05, 0.1) is 13.2 Å². The lowest BCUT2D eigenvalue weighted by Gasteiger charge is -2.04. The molecule has 0 spiro atoms. The van der Waals surface area contributed by atoms with E-state index in [9.17, 15) is 4.79 Å². The number of carbonyl (C=O) groups is 1. The highest BCUT2D eigenvalue weighted by Crippen LogP contribution is 1.96. The molecule has 0 saturated carbocycles. The Bertz CT molecular complexity index is 197. The summed E-state index contributed by atoms with van der Waals surface area (Å²) < 4.78 is 9.76. The summed E-state index contributed by atoms with van der Waals surface area (Å²) in [4.78, 5) is 11.0. The number of hydrogen-bond acceptors (Lipinski definition) is 3. The second-order valence-corrected chi connectivity index (χ2v) is 3.37. The number of rotatable bonds is 8. The van der Waals surface area contributed by atoms with Gasteiger partial charge in [0.2, 0.25) is 0 Å². The lowest BCUT2D eigenvalue weighted by Crippen LogP contribution is -2.09. The molecule has 0 fully saturated rings. The smallest absolute Gasteiger partial charge is 0.434 e. The van der Waals surface area contributed by atoms with Gasteiger partial charge in [-0.15, -0.1) is 0 Å². The van der Waals surface area contributed by atoms with Gasteiger partial charge in [0, 0.05) is 0 Å². The lowest BCUT2D eigenvalue weighted by molar-refractivity contribution is 0.0541. The summed E-state index contributed by atoms with van der Waals surface area (Å²) in [5.41, 5.74) is 0. The highest BCUT2D eigenvalue weighted by molar-refractivity contribution is 5.59. The van der Waals surface area contributed by atoms with Gasteiger partial charge in [-0.2, -0.15) is 0 Å². The Morgan fingerprint density at radius 1 is 0.938 bits per heavy atom. The van der Waals surface area contributed by atoms with E-state index < -0.39 is 6.16 Å². The molecule has 0 amide bonds. The zero-order valence-electron chi connectivity index (χ0n) is 10.3. The molecule has 0 saturated heterocycles. The minimum Gasteiger partial charge on any atom is -0.434 e. The highest BCUT2D eigenvalue weighted by Gasteiger charge is 2.01. The molecule has 3 nitrogen and oxygen atoms in total. The minimum absolute atomic E-state index is 0.429. The first kappa shape index (κ1) is 14.8. The van der Waals surface area contributed by atoms with Gasteiger partial charge in [0.25, 0.3) is 0 Å². The van der Waals surface area contributed by atoms with Crippen LogP contribution in [-0.4, -0.2) is 19.4 Å².